The van der Waals surface area contributed by atoms with Gasteiger partial charge in [-0.3, -0.25) is 0 Å². The van der Waals surface area contributed by atoms with Gasteiger partial charge in [-0.25, -0.2) is 17.5 Å². The van der Waals surface area contributed by atoms with E-state index in [1.54, 1.807) is 0 Å². The number of ether oxygens (including phenoxy) is 1. The Kier molecular flexibility index (Phi) is 5.32. The van der Waals surface area contributed by atoms with Crippen LogP contribution in [-0.2, 0) is 14.8 Å². The lowest BCUT2D eigenvalue weighted by Gasteiger charge is -2.17. The number of nitrogens with zero attached hydrogens (tertiary/aromatic N) is 1. The Morgan fingerprint density at radius 2 is 1.95 bits per heavy atom. The van der Waals surface area contributed by atoms with Crippen molar-refractivity contribution in [3.05, 3.63) is 17.1 Å². The lowest BCUT2D eigenvalue weighted by atomic mass is 10.2. The van der Waals surface area contributed by atoms with E-state index < -0.39 is 16.0 Å². The van der Waals surface area contributed by atoms with Crippen LogP contribution in [0.25, 0.3) is 0 Å². The molecule has 0 bridgehead atoms. The topological polar surface area (TPSA) is 103 Å². The molecular weight excluding hydrogens is 284 g/mol. The number of hydrogen-bond donors (Lipinski definition) is 1. The minimum absolute atomic E-state index is 0.0513. The molecule has 0 aromatic carbocycles. The molecule has 0 atom stereocenters. The van der Waals surface area contributed by atoms with E-state index in [2.05, 4.69) is 4.74 Å². The molecule has 0 spiro atoms. The maximum absolute atomic E-state index is 12.5. The first-order chi connectivity index (χ1) is 9.27. The average molecular weight is 304 g/mol. The van der Waals surface area contributed by atoms with Gasteiger partial charge in [0.15, 0.2) is 0 Å². The zero-order valence-corrected chi connectivity index (χ0v) is 12.9. The summed E-state index contributed by atoms with van der Waals surface area (Å²) in [7, 11) is -1.19. The van der Waals surface area contributed by atoms with E-state index in [9.17, 15) is 13.2 Å². The fourth-order valence-corrected chi connectivity index (χ4v) is 3.47. The van der Waals surface area contributed by atoms with Crippen molar-refractivity contribution in [2.75, 3.05) is 27.2 Å². The van der Waals surface area contributed by atoms with Gasteiger partial charge in [0.05, 0.1) is 7.11 Å². The van der Waals surface area contributed by atoms with Crippen molar-refractivity contribution < 1.29 is 22.4 Å². The minimum atomic E-state index is -3.82. The van der Waals surface area contributed by atoms with Crippen LogP contribution in [0.5, 0.6) is 0 Å². The molecule has 0 radical (unpaired) electrons. The maximum Gasteiger partial charge on any atom is 0.342 e. The highest BCUT2D eigenvalue weighted by Gasteiger charge is 2.33. The van der Waals surface area contributed by atoms with E-state index in [-0.39, 0.29) is 28.5 Å². The van der Waals surface area contributed by atoms with Crippen molar-refractivity contribution in [2.24, 2.45) is 5.73 Å². The van der Waals surface area contributed by atoms with E-state index in [0.717, 1.165) is 4.31 Å². The quantitative estimate of drug-likeness (QED) is 0.774. The molecule has 1 aromatic rings. The summed E-state index contributed by atoms with van der Waals surface area (Å²) in [5.74, 6) is -0.340. The summed E-state index contributed by atoms with van der Waals surface area (Å²) in [6.07, 6.45) is 0.527. The molecule has 1 aromatic heterocycles. The Hall–Kier alpha value is -1.38. The van der Waals surface area contributed by atoms with Crippen molar-refractivity contribution in [3.63, 3.8) is 0 Å². The molecule has 1 heterocycles. The summed E-state index contributed by atoms with van der Waals surface area (Å²) in [5, 5.41) is 0. The third kappa shape index (κ3) is 3.02. The second kappa shape index (κ2) is 6.38. The van der Waals surface area contributed by atoms with Gasteiger partial charge >= 0.3 is 5.97 Å². The number of carbonyl (C=O) groups is 1. The summed E-state index contributed by atoms with van der Waals surface area (Å²) in [4.78, 5) is 11.6. The van der Waals surface area contributed by atoms with Gasteiger partial charge in [0.25, 0.3) is 0 Å². The largest absolute Gasteiger partial charge is 0.465 e. The van der Waals surface area contributed by atoms with Gasteiger partial charge in [0.2, 0.25) is 10.0 Å². The Morgan fingerprint density at radius 3 is 2.45 bits per heavy atom. The highest BCUT2D eigenvalue weighted by Crippen LogP contribution is 2.29. The van der Waals surface area contributed by atoms with Gasteiger partial charge in [0.1, 0.15) is 22.0 Å². The highest BCUT2D eigenvalue weighted by molar-refractivity contribution is 7.89. The third-order valence-corrected chi connectivity index (χ3v) is 4.95. The SMILES string of the molecule is COC(=O)c1c(C)oc(C)c1S(=O)(=O)N(C)CCCN. The zero-order valence-electron chi connectivity index (χ0n) is 12.1. The summed E-state index contributed by atoms with van der Waals surface area (Å²) < 4.78 is 36.1. The molecule has 0 amide bonds. The number of furan rings is 1. The molecule has 0 fully saturated rings. The third-order valence-electron chi connectivity index (χ3n) is 2.94. The van der Waals surface area contributed by atoms with Crippen LogP contribution in [-0.4, -0.2) is 45.9 Å². The van der Waals surface area contributed by atoms with E-state index in [0.29, 0.717) is 13.0 Å². The standard InChI is InChI=1S/C12H20N2O5S/c1-8-10(12(15)18-4)11(9(2)19-8)20(16,17)14(3)7-5-6-13/h5-7,13H2,1-4H3. The molecule has 0 saturated carbocycles. The van der Waals surface area contributed by atoms with Crippen LogP contribution < -0.4 is 5.73 Å². The first-order valence-electron chi connectivity index (χ1n) is 6.12. The van der Waals surface area contributed by atoms with Crippen LogP contribution in [0, 0.1) is 13.8 Å². The molecule has 114 valence electrons. The molecule has 7 nitrogen and oxygen atoms in total. The normalized spacial score (nSPS) is 11.9. The molecule has 0 saturated heterocycles. The first kappa shape index (κ1) is 16.7. The second-order valence-electron chi connectivity index (χ2n) is 4.38. The van der Waals surface area contributed by atoms with E-state index in [1.807, 2.05) is 0 Å². The second-order valence-corrected chi connectivity index (χ2v) is 6.36. The first-order valence-corrected chi connectivity index (χ1v) is 7.56. The van der Waals surface area contributed by atoms with Gasteiger partial charge in [-0.05, 0) is 26.8 Å². The fourth-order valence-electron chi connectivity index (χ4n) is 1.90. The smallest absolute Gasteiger partial charge is 0.342 e. The molecule has 0 aliphatic heterocycles. The predicted molar refractivity (Wildman–Crippen MR) is 73.0 cm³/mol. The maximum atomic E-state index is 12.5. The molecule has 2 N–H and O–H groups in total. The van der Waals surface area contributed by atoms with Crippen LogP contribution in [0.3, 0.4) is 0 Å². The molecule has 0 aliphatic carbocycles. The zero-order chi connectivity index (χ0) is 15.5. The van der Waals surface area contributed by atoms with Crippen LogP contribution in [0.2, 0.25) is 0 Å². The molecule has 0 unspecified atom stereocenters. The molecular formula is C12H20N2O5S. The van der Waals surface area contributed by atoms with Gasteiger partial charge < -0.3 is 14.9 Å². The van der Waals surface area contributed by atoms with Crippen molar-refractivity contribution in [2.45, 2.75) is 25.2 Å². The Labute approximate surface area is 118 Å². The Bertz CT molecular complexity index is 591. The number of hydrogen-bond acceptors (Lipinski definition) is 6. The van der Waals surface area contributed by atoms with Crippen molar-refractivity contribution in [1.29, 1.82) is 0 Å². The average Bonchev–Trinajstić information content (AvgIpc) is 2.70. The molecule has 20 heavy (non-hydrogen) atoms. The Balaban J connectivity index is 3.35. The lowest BCUT2D eigenvalue weighted by molar-refractivity contribution is 0.0594. The number of rotatable bonds is 6. The monoisotopic (exact) mass is 304 g/mol. The van der Waals surface area contributed by atoms with Crippen molar-refractivity contribution >= 4 is 16.0 Å². The summed E-state index contributed by atoms with van der Waals surface area (Å²) in [6, 6.07) is 0. The predicted octanol–water partition coefficient (Wildman–Crippen LogP) is 0.652. The number of aryl methyl sites for hydroxylation is 2. The van der Waals surface area contributed by atoms with Gasteiger partial charge in [-0.1, -0.05) is 0 Å². The number of nitrogens with two attached hydrogens (primary N) is 1. The molecule has 0 aliphatic rings. The number of esters is 1. The summed E-state index contributed by atoms with van der Waals surface area (Å²) in [6.45, 7) is 3.68. The van der Waals surface area contributed by atoms with E-state index >= 15 is 0 Å². The van der Waals surface area contributed by atoms with Crippen LogP contribution >= 0.6 is 0 Å². The van der Waals surface area contributed by atoms with Crippen LogP contribution in [0.1, 0.15) is 28.3 Å². The Morgan fingerprint density at radius 1 is 1.35 bits per heavy atom. The summed E-state index contributed by atoms with van der Waals surface area (Å²) in [5.41, 5.74) is 5.33. The van der Waals surface area contributed by atoms with Gasteiger partial charge in [0, 0.05) is 13.6 Å². The van der Waals surface area contributed by atoms with Crippen LogP contribution in [0.15, 0.2) is 9.31 Å². The van der Waals surface area contributed by atoms with Crippen molar-refractivity contribution in [3.8, 4) is 0 Å². The number of methoxy groups -OCH3 is 1. The van der Waals surface area contributed by atoms with E-state index in [1.165, 1.54) is 28.0 Å². The van der Waals surface area contributed by atoms with Crippen LogP contribution in [0.4, 0.5) is 0 Å². The summed E-state index contributed by atoms with van der Waals surface area (Å²) >= 11 is 0. The number of carbonyl (C=O) groups excluding carboxylic acids is 1. The molecule has 8 heteroatoms. The molecule has 1 rings (SSSR count). The fraction of sp³-hybridized carbons (Fsp3) is 0.583. The minimum Gasteiger partial charge on any atom is -0.465 e. The van der Waals surface area contributed by atoms with Gasteiger partial charge in [-0.2, -0.15) is 0 Å². The van der Waals surface area contributed by atoms with Gasteiger partial charge in [-0.15, -0.1) is 0 Å². The highest BCUT2D eigenvalue weighted by atomic mass is 32.2. The van der Waals surface area contributed by atoms with E-state index in [4.69, 9.17) is 10.2 Å². The number of sulfonamides is 1. The lowest BCUT2D eigenvalue weighted by Crippen LogP contribution is -2.30. The van der Waals surface area contributed by atoms with Crippen molar-refractivity contribution in [1.82, 2.24) is 4.31 Å².